The van der Waals surface area contributed by atoms with Crippen LogP contribution in [-0.4, -0.2) is 23.9 Å². The SMILES string of the molecule is C1CSC(=C2SC3=C(SC(=C4OCCS4)S3)S2)SC1. The van der Waals surface area contributed by atoms with Gasteiger partial charge in [-0.05, 0) is 17.9 Å². The van der Waals surface area contributed by atoms with Crippen LogP contribution in [0, 0.1) is 0 Å². The van der Waals surface area contributed by atoms with Crippen molar-refractivity contribution in [2.24, 2.45) is 0 Å². The molecule has 102 valence electrons. The van der Waals surface area contributed by atoms with Gasteiger partial charge in [0.1, 0.15) is 4.24 Å². The van der Waals surface area contributed by atoms with Gasteiger partial charge in [0, 0.05) is 5.75 Å². The van der Waals surface area contributed by atoms with Gasteiger partial charge in [-0.15, -0.1) is 23.5 Å². The molecule has 2 saturated heterocycles. The zero-order valence-corrected chi connectivity index (χ0v) is 15.5. The monoisotopic (exact) mass is 382 g/mol. The van der Waals surface area contributed by atoms with Crippen LogP contribution in [0.5, 0.6) is 0 Å². The van der Waals surface area contributed by atoms with Gasteiger partial charge in [-0.2, -0.15) is 0 Å². The maximum atomic E-state index is 5.68. The van der Waals surface area contributed by atoms with Gasteiger partial charge in [-0.3, -0.25) is 0 Å². The van der Waals surface area contributed by atoms with Crippen LogP contribution < -0.4 is 0 Å². The van der Waals surface area contributed by atoms with E-state index in [0.717, 1.165) is 17.5 Å². The fourth-order valence-electron chi connectivity index (χ4n) is 1.73. The predicted octanol–water partition coefficient (Wildman–Crippen LogP) is 5.96. The van der Waals surface area contributed by atoms with E-state index in [1.54, 1.807) is 4.24 Å². The minimum Gasteiger partial charge on any atom is -0.485 e. The van der Waals surface area contributed by atoms with Crippen LogP contribution in [-0.2, 0) is 4.74 Å². The molecule has 0 unspecified atom stereocenters. The number of rotatable bonds is 0. The van der Waals surface area contributed by atoms with Crippen molar-refractivity contribution in [2.45, 2.75) is 6.42 Å². The highest BCUT2D eigenvalue weighted by atomic mass is 32.3. The van der Waals surface area contributed by atoms with E-state index in [2.05, 4.69) is 0 Å². The predicted molar refractivity (Wildman–Crippen MR) is 99.4 cm³/mol. The molecule has 0 amide bonds. The highest BCUT2D eigenvalue weighted by Crippen LogP contribution is 2.69. The quantitative estimate of drug-likeness (QED) is 0.501. The van der Waals surface area contributed by atoms with Crippen molar-refractivity contribution >= 4 is 82.3 Å². The Morgan fingerprint density at radius 1 is 0.632 bits per heavy atom. The molecule has 0 spiro atoms. The first-order valence-electron chi connectivity index (χ1n) is 5.85. The first-order chi connectivity index (χ1) is 9.40. The van der Waals surface area contributed by atoms with E-state index in [1.807, 2.05) is 82.3 Å². The minimum atomic E-state index is 0.873. The van der Waals surface area contributed by atoms with Gasteiger partial charge in [-0.1, -0.05) is 58.8 Å². The van der Waals surface area contributed by atoms with E-state index in [4.69, 9.17) is 4.74 Å². The average Bonchev–Trinajstić information content (AvgIpc) is 3.14. The van der Waals surface area contributed by atoms with E-state index >= 15 is 0 Å². The van der Waals surface area contributed by atoms with Gasteiger partial charge in [-0.25, -0.2) is 0 Å². The second-order valence-corrected chi connectivity index (χ2v) is 12.5. The summed E-state index contributed by atoms with van der Waals surface area (Å²) in [5.74, 6) is 3.68. The van der Waals surface area contributed by atoms with Gasteiger partial charge in [0.2, 0.25) is 0 Å². The van der Waals surface area contributed by atoms with Crippen molar-refractivity contribution in [3.63, 3.8) is 0 Å². The maximum Gasteiger partial charge on any atom is 0.174 e. The zero-order valence-electron chi connectivity index (χ0n) is 9.80. The lowest BCUT2D eigenvalue weighted by molar-refractivity contribution is 0.275. The summed E-state index contributed by atoms with van der Waals surface area (Å²) < 4.78 is 13.1. The van der Waals surface area contributed by atoms with E-state index in [1.165, 1.54) is 34.9 Å². The summed E-state index contributed by atoms with van der Waals surface area (Å²) in [5.41, 5.74) is 0. The van der Waals surface area contributed by atoms with Gasteiger partial charge in [0.05, 0.1) is 23.6 Å². The molecule has 4 rings (SSSR count). The first kappa shape index (κ1) is 14.1. The number of ether oxygens (including phenoxy) is 1. The van der Waals surface area contributed by atoms with Crippen LogP contribution >= 0.6 is 82.3 Å². The molecular weight excluding hydrogens is 373 g/mol. The van der Waals surface area contributed by atoms with Crippen molar-refractivity contribution in [2.75, 3.05) is 23.9 Å². The van der Waals surface area contributed by atoms with Crippen molar-refractivity contribution in [3.8, 4) is 0 Å². The third kappa shape index (κ3) is 3.00. The van der Waals surface area contributed by atoms with E-state index < -0.39 is 0 Å². The summed E-state index contributed by atoms with van der Waals surface area (Å²) in [4.78, 5) is 0. The van der Waals surface area contributed by atoms with Crippen molar-refractivity contribution in [3.05, 3.63) is 26.3 Å². The standard InChI is InChI=1S/C11H10OS7/c1-3-14-8(15-4-1)9-18-10-11(19-9)17-7(16-10)6-12-2-5-13-6/h1-5H2. The lowest BCUT2D eigenvalue weighted by atomic mass is 10.6. The van der Waals surface area contributed by atoms with Crippen LogP contribution in [0.25, 0.3) is 0 Å². The minimum absolute atomic E-state index is 0.873. The number of hydrogen-bond acceptors (Lipinski definition) is 8. The molecule has 0 radical (unpaired) electrons. The highest BCUT2D eigenvalue weighted by molar-refractivity contribution is 8.49. The van der Waals surface area contributed by atoms with E-state index in [-0.39, 0.29) is 0 Å². The van der Waals surface area contributed by atoms with Crippen LogP contribution in [0.2, 0.25) is 0 Å². The topological polar surface area (TPSA) is 9.23 Å². The fourth-order valence-corrected chi connectivity index (χ4v) is 12.1. The molecule has 4 aliphatic heterocycles. The Bertz CT molecular complexity index is 469. The molecule has 4 heterocycles. The lowest BCUT2D eigenvalue weighted by Crippen LogP contribution is -1.92. The second-order valence-electron chi connectivity index (χ2n) is 3.88. The van der Waals surface area contributed by atoms with E-state index in [9.17, 15) is 0 Å². The van der Waals surface area contributed by atoms with Crippen LogP contribution in [0.15, 0.2) is 26.3 Å². The normalized spacial score (nSPS) is 27.4. The summed E-state index contributed by atoms with van der Waals surface area (Å²) in [6.45, 7) is 0.873. The Labute approximate surface area is 142 Å². The number of thioether (sulfide) groups is 7. The Kier molecular flexibility index (Phi) is 4.67. The molecule has 1 nitrogen and oxygen atoms in total. The van der Waals surface area contributed by atoms with Crippen LogP contribution in [0.3, 0.4) is 0 Å². The van der Waals surface area contributed by atoms with Gasteiger partial charge in [0.25, 0.3) is 0 Å². The third-order valence-corrected chi connectivity index (χ3v) is 12.5. The molecule has 0 aromatic rings. The molecule has 0 bridgehead atoms. The lowest BCUT2D eigenvalue weighted by Gasteiger charge is -2.15. The average molecular weight is 383 g/mol. The van der Waals surface area contributed by atoms with Gasteiger partial charge in [0.15, 0.2) is 5.09 Å². The second kappa shape index (κ2) is 6.30. The van der Waals surface area contributed by atoms with Gasteiger partial charge < -0.3 is 4.74 Å². The van der Waals surface area contributed by atoms with Crippen molar-refractivity contribution in [1.82, 2.24) is 0 Å². The molecule has 8 heteroatoms. The fraction of sp³-hybridized carbons (Fsp3) is 0.455. The molecular formula is C11H10OS7. The molecule has 4 aliphatic rings. The molecule has 0 aromatic carbocycles. The van der Waals surface area contributed by atoms with Crippen molar-refractivity contribution in [1.29, 1.82) is 0 Å². The smallest absolute Gasteiger partial charge is 0.174 e. The van der Waals surface area contributed by atoms with E-state index in [0.29, 0.717) is 0 Å². The highest BCUT2D eigenvalue weighted by Gasteiger charge is 2.34. The molecule has 2 fully saturated rings. The third-order valence-electron chi connectivity index (χ3n) is 2.55. The molecule has 19 heavy (non-hydrogen) atoms. The summed E-state index contributed by atoms with van der Waals surface area (Å²) in [7, 11) is 0. The van der Waals surface area contributed by atoms with Crippen LogP contribution in [0.1, 0.15) is 6.42 Å². The molecule has 0 aromatic heterocycles. The molecule has 0 atom stereocenters. The molecule has 0 aliphatic carbocycles. The summed E-state index contributed by atoms with van der Waals surface area (Å²) in [5, 5.41) is 1.15. The largest absolute Gasteiger partial charge is 0.485 e. The molecule has 0 N–H and O–H groups in total. The zero-order chi connectivity index (χ0) is 12.7. The molecule has 0 saturated carbocycles. The Hall–Kier alpha value is 1.47. The Morgan fingerprint density at radius 2 is 1.26 bits per heavy atom. The Morgan fingerprint density at radius 3 is 1.89 bits per heavy atom. The summed E-state index contributed by atoms with van der Waals surface area (Å²) in [6.07, 6.45) is 1.35. The first-order valence-corrected chi connectivity index (χ1v) is 12.1. The summed E-state index contributed by atoms with van der Waals surface area (Å²) >= 11 is 13.7. The maximum absolute atomic E-state index is 5.68. The Balaban J connectivity index is 1.48. The summed E-state index contributed by atoms with van der Waals surface area (Å²) in [6, 6.07) is 0. The van der Waals surface area contributed by atoms with Crippen molar-refractivity contribution < 1.29 is 4.74 Å². The van der Waals surface area contributed by atoms with Crippen LogP contribution in [0.4, 0.5) is 0 Å². The van der Waals surface area contributed by atoms with Gasteiger partial charge >= 0.3 is 0 Å². The number of hydrogen-bond donors (Lipinski definition) is 0.